The predicted molar refractivity (Wildman–Crippen MR) is 51.2 cm³/mol. The minimum absolute atomic E-state index is 0.270. The Morgan fingerprint density at radius 3 is 1.95 bits per heavy atom. The third kappa shape index (κ3) is 1.88. The maximum absolute atomic E-state index is 13.8. The van der Waals surface area contributed by atoms with Crippen LogP contribution in [0.4, 0.5) is 22.0 Å². The van der Waals surface area contributed by atoms with Crippen molar-refractivity contribution in [2.45, 2.75) is 6.05 Å². The van der Waals surface area contributed by atoms with Gasteiger partial charge in [-0.2, -0.15) is 8.78 Å². The van der Waals surface area contributed by atoms with Crippen LogP contribution in [0.5, 0.6) is 0 Å². The SMILES string of the molecule is O=C1C=CC(=O)N1C(F)(F)c1ccc(F)c(F)c1F. The molecule has 0 bridgehead atoms. The van der Waals surface area contributed by atoms with E-state index in [4.69, 9.17) is 0 Å². The Balaban J connectivity index is 2.54. The minimum atomic E-state index is -4.42. The highest BCUT2D eigenvalue weighted by molar-refractivity contribution is 6.13. The molecule has 0 atom stereocenters. The Morgan fingerprint density at radius 2 is 1.42 bits per heavy atom. The van der Waals surface area contributed by atoms with Crippen LogP contribution in [0.25, 0.3) is 0 Å². The summed E-state index contributed by atoms with van der Waals surface area (Å²) in [6, 6.07) is -3.87. The minimum Gasteiger partial charge on any atom is -0.269 e. The van der Waals surface area contributed by atoms with Gasteiger partial charge in [0.1, 0.15) is 0 Å². The van der Waals surface area contributed by atoms with E-state index in [9.17, 15) is 31.5 Å². The van der Waals surface area contributed by atoms with Crippen LogP contribution in [-0.4, -0.2) is 16.7 Å². The maximum Gasteiger partial charge on any atom is 0.364 e. The van der Waals surface area contributed by atoms with E-state index in [0.717, 1.165) is 0 Å². The molecule has 1 aromatic carbocycles. The molecular formula is C11H4F5NO2. The third-order valence-electron chi connectivity index (χ3n) is 2.45. The van der Waals surface area contributed by atoms with Gasteiger partial charge in [0.05, 0.1) is 5.56 Å². The standard InChI is InChI=1S/C11H4F5NO2/c12-6-2-1-5(9(13)10(6)14)11(15,16)17-7(18)3-4-8(17)19/h1-4H. The molecule has 1 aromatic rings. The van der Waals surface area contributed by atoms with Crippen molar-refractivity contribution in [3.63, 3.8) is 0 Å². The highest BCUT2D eigenvalue weighted by atomic mass is 19.3. The van der Waals surface area contributed by atoms with Gasteiger partial charge in [-0.1, -0.05) is 0 Å². The highest BCUT2D eigenvalue weighted by Gasteiger charge is 2.49. The predicted octanol–water partition coefficient (Wildman–Crippen LogP) is 2.08. The molecule has 1 aliphatic rings. The monoisotopic (exact) mass is 277 g/mol. The number of imide groups is 1. The first kappa shape index (κ1) is 13.2. The maximum atomic E-state index is 13.8. The number of alkyl halides is 2. The molecule has 0 spiro atoms. The molecule has 0 unspecified atom stereocenters. The van der Waals surface area contributed by atoms with Crippen molar-refractivity contribution in [1.29, 1.82) is 0 Å². The van der Waals surface area contributed by atoms with Gasteiger partial charge < -0.3 is 0 Å². The first-order chi connectivity index (χ1) is 8.76. The van der Waals surface area contributed by atoms with Gasteiger partial charge in [0.2, 0.25) is 0 Å². The Labute approximate surface area is 102 Å². The highest BCUT2D eigenvalue weighted by Crippen LogP contribution is 2.36. The quantitative estimate of drug-likeness (QED) is 0.359. The number of halogens is 5. The van der Waals surface area contributed by atoms with E-state index in [1.54, 1.807) is 0 Å². The van der Waals surface area contributed by atoms with Crippen LogP contribution in [0.15, 0.2) is 24.3 Å². The number of amides is 2. The fourth-order valence-corrected chi connectivity index (χ4v) is 1.56. The smallest absolute Gasteiger partial charge is 0.269 e. The number of carbonyl (C=O) groups is 2. The molecule has 2 rings (SSSR count). The Morgan fingerprint density at radius 1 is 0.895 bits per heavy atom. The van der Waals surface area contributed by atoms with E-state index < -0.39 is 45.8 Å². The lowest BCUT2D eigenvalue weighted by molar-refractivity contribution is -0.180. The zero-order chi connectivity index (χ0) is 14.4. The molecule has 100 valence electrons. The summed E-state index contributed by atoms with van der Waals surface area (Å²) in [4.78, 5) is 21.7. The molecule has 1 heterocycles. The second-order valence-corrected chi connectivity index (χ2v) is 3.61. The zero-order valence-electron chi connectivity index (χ0n) is 8.96. The van der Waals surface area contributed by atoms with Gasteiger partial charge in [-0.25, -0.2) is 18.1 Å². The van der Waals surface area contributed by atoms with E-state index in [1.807, 2.05) is 0 Å². The lowest BCUT2D eigenvalue weighted by Gasteiger charge is -2.25. The summed E-state index contributed by atoms with van der Waals surface area (Å²) in [5, 5.41) is 0. The van der Waals surface area contributed by atoms with Crippen LogP contribution in [-0.2, 0) is 15.6 Å². The average molecular weight is 277 g/mol. The second-order valence-electron chi connectivity index (χ2n) is 3.61. The van der Waals surface area contributed by atoms with Gasteiger partial charge in [0.25, 0.3) is 11.8 Å². The van der Waals surface area contributed by atoms with Gasteiger partial charge in [-0.05, 0) is 12.1 Å². The first-order valence-electron chi connectivity index (χ1n) is 4.85. The van der Waals surface area contributed by atoms with Gasteiger partial charge in [-0.3, -0.25) is 9.59 Å². The molecule has 0 N–H and O–H groups in total. The molecule has 0 aliphatic carbocycles. The van der Waals surface area contributed by atoms with E-state index in [2.05, 4.69) is 0 Å². The van der Waals surface area contributed by atoms with Gasteiger partial charge in [-0.15, -0.1) is 0 Å². The fourth-order valence-electron chi connectivity index (χ4n) is 1.56. The topological polar surface area (TPSA) is 37.4 Å². The molecular weight excluding hydrogens is 273 g/mol. The van der Waals surface area contributed by atoms with Crippen LogP contribution >= 0.6 is 0 Å². The third-order valence-corrected chi connectivity index (χ3v) is 2.45. The lowest BCUT2D eigenvalue weighted by Crippen LogP contribution is -2.44. The molecule has 0 saturated heterocycles. The van der Waals surface area contributed by atoms with Gasteiger partial charge in [0, 0.05) is 12.2 Å². The van der Waals surface area contributed by atoms with Crippen molar-refractivity contribution < 1.29 is 31.5 Å². The number of hydrogen-bond donors (Lipinski definition) is 0. The fraction of sp³-hybridized carbons (Fsp3) is 0.0909. The van der Waals surface area contributed by atoms with E-state index >= 15 is 0 Å². The summed E-state index contributed by atoms with van der Waals surface area (Å²) in [5.41, 5.74) is -1.60. The molecule has 19 heavy (non-hydrogen) atoms. The Hall–Kier alpha value is -2.25. The van der Waals surface area contributed by atoms with Crippen LogP contribution in [0.3, 0.4) is 0 Å². The molecule has 0 radical (unpaired) electrons. The number of rotatable bonds is 2. The van der Waals surface area contributed by atoms with Crippen molar-refractivity contribution in [3.05, 3.63) is 47.3 Å². The van der Waals surface area contributed by atoms with Crippen molar-refractivity contribution in [3.8, 4) is 0 Å². The average Bonchev–Trinajstić information content (AvgIpc) is 2.66. The molecule has 3 nitrogen and oxygen atoms in total. The normalized spacial score (nSPS) is 15.5. The van der Waals surface area contributed by atoms with Crippen molar-refractivity contribution >= 4 is 11.8 Å². The summed E-state index contributed by atoms with van der Waals surface area (Å²) in [5.74, 6) is -8.67. The summed E-state index contributed by atoms with van der Waals surface area (Å²) in [7, 11) is 0. The largest absolute Gasteiger partial charge is 0.364 e. The van der Waals surface area contributed by atoms with E-state index in [-0.39, 0.29) is 12.1 Å². The number of benzene rings is 1. The molecule has 0 saturated carbocycles. The number of nitrogens with zero attached hydrogens (tertiary/aromatic N) is 1. The lowest BCUT2D eigenvalue weighted by atomic mass is 10.1. The summed E-state index contributed by atoms with van der Waals surface area (Å²) in [6.45, 7) is 0. The van der Waals surface area contributed by atoms with Crippen LogP contribution in [0.2, 0.25) is 0 Å². The van der Waals surface area contributed by atoms with Crippen molar-refractivity contribution in [2.24, 2.45) is 0 Å². The molecule has 0 aromatic heterocycles. The van der Waals surface area contributed by atoms with Gasteiger partial charge in [0.15, 0.2) is 17.5 Å². The zero-order valence-corrected chi connectivity index (χ0v) is 8.96. The first-order valence-corrected chi connectivity index (χ1v) is 4.85. The van der Waals surface area contributed by atoms with Crippen molar-refractivity contribution in [1.82, 2.24) is 4.90 Å². The molecule has 2 amide bonds. The van der Waals surface area contributed by atoms with Crippen LogP contribution < -0.4 is 0 Å². The van der Waals surface area contributed by atoms with Crippen LogP contribution in [0, 0.1) is 17.5 Å². The summed E-state index contributed by atoms with van der Waals surface area (Å²) >= 11 is 0. The molecule has 1 aliphatic heterocycles. The number of hydrogen-bond acceptors (Lipinski definition) is 2. The van der Waals surface area contributed by atoms with Crippen molar-refractivity contribution in [2.75, 3.05) is 0 Å². The van der Waals surface area contributed by atoms with E-state index in [1.165, 1.54) is 0 Å². The van der Waals surface area contributed by atoms with Crippen LogP contribution in [0.1, 0.15) is 5.56 Å². The Kier molecular flexibility index (Phi) is 2.88. The number of carbonyl (C=O) groups excluding carboxylic acids is 2. The summed E-state index contributed by atoms with van der Waals surface area (Å²) in [6.07, 6.45) is 1.13. The molecule has 8 heteroatoms. The second kappa shape index (κ2) is 4.15. The molecule has 0 fully saturated rings. The van der Waals surface area contributed by atoms with E-state index in [0.29, 0.717) is 12.2 Å². The summed E-state index contributed by atoms with van der Waals surface area (Å²) < 4.78 is 66.6. The Bertz CT molecular complexity index is 593. The van der Waals surface area contributed by atoms with Gasteiger partial charge >= 0.3 is 6.05 Å².